The minimum Gasteiger partial charge on any atom is -0.490 e. The predicted octanol–water partition coefficient (Wildman–Crippen LogP) is 4.89. The lowest BCUT2D eigenvalue weighted by Crippen LogP contribution is -2.39. The fourth-order valence-corrected chi connectivity index (χ4v) is 5.69. The molecule has 5 rings (SSSR count). The number of ether oxygens (including phenoxy) is 1. The van der Waals surface area contributed by atoms with E-state index in [9.17, 15) is 9.59 Å². The number of hydrogen-bond donors (Lipinski definition) is 0. The molecule has 4 aromatic rings. The highest BCUT2D eigenvalue weighted by molar-refractivity contribution is 7.99. The maximum atomic E-state index is 13.4. The van der Waals surface area contributed by atoms with Gasteiger partial charge < -0.3 is 9.64 Å². The first-order valence-corrected chi connectivity index (χ1v) is 12.5. The Bertz CT molecular complexity index is 1440. The van der Waals surface area contributed by atoms with Gasteiger partial charge in [-0.15, -0.1) is 11.3 Å². The summed E-state index contributed by atoms with van der Waals surface area (Å²) in [6.45, 7) is 6.96. The second-order valence-electron chi connectivity index (χ2n) is 8.11. The van der Waals surface area contributed by atoms with Gasteiger partial charge in [0, 0.05) is 0 Å². The van der Waals surface area contributed by atoms with Crippen LogP contribution < -0.4 is 15.2 Å². The van der Waals surface area contributed by atoms with E-state index in [4.69, 9.17) is 9.72 Å². The Morgan fingerprint density at radius 3 is 2.70 bits per heavy atom. The largest absolute Gasteiger partial charge is 0.490 e. The Hall–Kier alpha value is -3.10. The number of rotatable bonds is 4. The summed E-state index contributed by atoms with van der Waals surface area (Å²) in [6.07, 6.45) is 0. The van der Waals surface area contributed by atoms with Crippen molar-refractivity contribution in [2.45, 2.75) is 25.9 Å². The van der Waals surface area contributed by atoms with Crippen LogP contribution in [-0.2, 0) is 4.79 Å². The molecule has 0 aliphatic carbocycles. The standard InChI is InChI=1S/C25H23N3O3S2/c1-15-4-6-19(17(3)12-15)28-24(30)23-18(8-11-32-23)26-25(28)33-14-22(29)27-9-10-31-21-7-5-16(2)13-20(21)27/h4-8,11-13H,9-10,14H2,1-3H3. The fraction of sp³-hybridized carbons (Fsp3) is 0.240. The molecule has 0 bridgehead atoms. The van der Waals surface area contributed by atoms with Crippen LogP contribution in [-0.4, -0.2) is 34.4 Å². The van der Waals surface area contributed by atoms with Crippen LogP contribution in [0.2, 0.25) is 0 Å². The van der Waals surface area contributed by atoms with Gasteiger partial charge in [-0.25, -0.2) is 4.98 Å². The van der Waals surface area contributed by atoms with Crippen LogP contribution in [0.5, 0.6) is 5.75 Å². The summed E-state index contributed by atoms with van der Waals surface area (Å²) in [6, 6.07) is 13.7. The number of benzene rings is 2. The molecule has 0 unspecified atom stereocenters. The van der Waals surface area contributed by atoms with Gasteiger partial charge in [0.15, 0.2) is 5.16 Å². The molecule has 1 aliphatic rings. The lowest BCUT2D eigenvalue weighted by molar-refractivity contribution is -0.116. The predicted molar refractivity (Wildman–Crippen MR) is 134 cm³/mol. The quantitative estimate of drug-likeness (QED) is 0.309. The molecule has 0 fully saturated rings. The van der Waals surface area contributed by atoms with E-state index in [0.29, 0.717) is 28.5 Å². The second-order valence-corrected chi connectivity index (χ2v) is 9.97. The number of aromatic nitrogens is 2. The van der Waals surface area contributed by atoms with Crippen molar-refractivity contribution in [3.05, 3.63) is 74.9 Å². The molecule has 2 aromatic heterocycles. The van der Waals surface area contributed by atoms with E-state index in [1.807, 2.05) is 68.6 Å². The number of anilines is 1. The Kier molecular flexibility index (Phi) is 5.72. The molecular formula is C25H23N3O3S2. The molecule has 1 amide bonds. The molecule has 3 heterocycles. The molecule has 0 radical (unpaired) electrons. The number of hydrogen-bond acceptors (Lipinski definition) is 6. The third-order valence-electron chi connectivity index (χ3n) is 5.65. The van der Waals surface area contributed by atoms with Crippen molar-refractivity contribution in [2.75, 3.05) is 23.8 Å². The first-order valence-electron chi connectivity index (χ1n) is 10.7. The zero-order valence-electron chi connectivity index (χ0n) is 18.6. The van der Waals surface area contributed by atoms with Crippen LogP contribution in [0.1, 0.15) is 16.7 Å². The topological polar surface area (TPSA) is 64.4 Å². The van der Waals surface area contributed by atoms with Gasteiger partial charge >= 0.3 is 0 Å². The van der Waals surface area contributed by atoms with Gasteiger partial charge in [-0.1, -0.05) is 35.5 Å². The average Bonchev–Trinajstić information content (AvgIpc) is 3.27. The summed E-state index contributed by atoms with van der Waals surface area (Å²) in [4.78, 5) is 33.2. The zero-order valence-corrected chi connectivity index (χ0v) is 20.3. The molecule has 0 saturated heterocycles. The Labute approximate surface area is 199 Å². The van der Waals surface area contributed by atoms with Crippen LogP contribution in [0.15, 0.2) is 57.8 Å². The lowest BCUT2D eigenvalue weighted by Gasteiger charge is -2.29. The molecule has 6 nitrogen and oxygen atoms in total. The van der Waals surface area contributed by atoms with E-state index in [2.05, 4.69) is 0 Å². The van der Waals surface area contributed by atoms with Crippen LogP contribution >= 0.6 is 23.1 Å². The molecule has 1 aliphatic heterocycles. The van der Waals surface area contributed by atoms with Crippen molar-refractivity contribution in [2.24, 2.45) is 0 Å². The van der Waals surface area contributed by atoms with E-state index < -0.39 is 0 Å². The SMILES string of the molecule is Cc1ccc(-n2c(SCC(=O)N3CCOc4ccc(C)cc43)nc3ccsc3c2=O)c(C)c1. The van der Waals surface area contributed by atoms with Crippen LogP contribution in [0.25, 0.3) is 15.9 Å². The van der Waals surface area contributed by atoms with E-state index in [0.717, 1.165) is 33.8 Å². The van der Waals surface area contributed by atoms with Crippen molar-refractivity contribution < 1.29 is 9.53 Å². The number of amides is 1. The smallest absolute Gasteiger partial charge is 0.276 e. The van der Waals surface area contributed by atoms with E-state index in [-0.39, 0.29) is 17.2 Å². The van der Waals surface area contributed by atoms with Gasteiger partial charge in [0.05, 0.1) is 29.2 Å². The summed E-state index contributed by atoms with van der Waals surface area (Å²) in [5, 5.41) is 2.39. The van der Waals surface area contributed by atoms with Crippen molar-refractivity contribution in [1.29, 1.82) is 0 Å². The zero-order chi connectivity index (χ0) is 23.1. The molecule has 0 atom stereocenters. The number of thioether (sulfide) groups is 1. The molecule has 2 aromatic carbocycles. The van der Waals surface area contributed by atoms with Crippen LogP contribution in [0.3, 0.4) is 0 Å². The highest BCUT2D eigenvalue weighted by Crippen LogP contribution is 2.33. The summed E-state index contributed by atoms with van der Waals surface area (Å²) >= 11 is 2.68. The third-order valence-corrected chi connectivity index (χ3v) is 7.46. The van der Waals surface area contributed by atoms with Crippen molar-refractivity contribution in [3.8, 4) is 11.4 Å². The Morgan fingerprint density at radius 1 is 1.09 bits per heavy atom. The molecule has 0 saturated carbocycles. The number of fused-ring (bicyclic) bond motifs is 2. The molecule has 8 heteroatoms. The highest BCUT2D eigenvalue weighted by atomic mass is 32.2. The van der Waals surface area contributed by atoms with Gasteiger partial charge in [0.2, 0.25) is 5.91 Å². The lowest BCUT2D eigenvalue weighted by atomic mass is 10.1. The van der Waals surface area contributed by atoms with E-state index >= 15 is 0 Å². The van der Waals surface area contributed by atoms with E-state index in [1.54, 1.807) is 9.47 Å². The number of thiophene rings is 1. The average molecular weight is 478 g/mol. The summed E-state index contributed by atoms with van der Waals surface area (Å²) in [5.74, 6) is 0.845. The molecular weight excluding hydrogens is 454 g/mol. The third kappa shape index (κ3) is 4.05. The van der Waals surface area contributed by atoms with Gasteiger partial charge in [-0.3, -0.25) is 14.2 Å². The van der Waals surface area contributed by atoms with E-state index in [1.165, 1.54) is 23.1 Å². The minimum absolute atomic E-state index is 0.0398. The highest BCUT2D eigenvalue weighted by Gasteiger charge is 2.25. The van der Waals surface area contributed by atoms with Gasteiger partial charge in [-0.2, -0.15) is 0 Å². The number of carbonyl (C=O) groups is 1. The molecule has 0 N–H and O–H groups in total. The monoisotopic (exact) mass is 477 g/mol. The number of nitrogens with zero attached hydrogens (tertiary/aromatic N) is 3. The second kappa shape index (κ2) is 8.68. The normalized spacial score (nSPS) is 13.1. The number of carbonyl (C=O) groups excluding carboxylic acids is 1. The number of aryl methyl sites for hydroxylation is 3. The fourth-order valence-electron chi connectivity index (χ4n) is 4.05. The molecule has 168 valence electrons. The van der Waals surface area contributed by atoms with Gasteiger partial charge in [0.25, 0.3) is 5.56 Å². The van der Waals surface area contributed by atoms with Crippen LogP contribution in [0.4, 0.5) is 5.69 Å². The van der Waals surface area contributed by atoms with Gasteiger partial charge in [0.1, 0.15) is 17.1 Å². The first-order chi connectivity index (χ1) is 15.9. The van der Waals surface area contributed by atoms with Crippen molar-refractivity contribution >= 4 is 44.9 Å². The van der Waals surface area contributed by atoms with Crippen LogP contribution in [0, 0.1) is 20.8 Å². The Morgan fingerprint density at radius 2 is 1.88 bits per heavy atom. The minimum atomic E-state index is -0.107. The summed E-state index contributed by atoms with van der Waals surface area (Å²) in [5.41, 5.74) is 5.31. The summed E-state index contributed by atoms with van der Waals surface area (Å²) < 4.78 is 7.98. The maximum Gasteiger partial charge on any atom is 0.276 e. The molecule has 33 heavy (non-hydrogen) atoms. The first kappa shape index (κ1) is 21.7. The molecule has 0 spiro atoms. The Balaban J connectivity index is 1.51. The van der Waals surface area contributed by atoms with Crippen molar-refractivity contribution in [3.63, 3.8) is 0 Å². The maximum absolute atomic E-state index is 13.4. The summed E-state index contributed by atoms with van der Waals surface area (Å²) in [7, 11) is 0. The van der Waals surface area contributed by atoms with Crippen molar-refractivity contribution in [1.82, 2.24) is 9.55 Å². The van der Waals surface area contributed by atoms with Gasteiger partial charge in [-0.05, 0) is 61.5 Å².